The molecule has 0 spiro atoms. The second kappa shape index (κ2) is 9.29. The molecule has 0 radical (unpaired) electrons. The van der Waals surface area contributed by atoms with Crippen molar-refractivity contribution >= 4 is 21.8 Å². The first-order chi connectivity index (χ1) is 12.7. The molecule has 1 aromatic carbocycles. The molecule has 0 atom stereocenters. The van der Waals surface area contributed by atoms with Gasteiger partial charge >= 0.3 is 0 Å². The van der Waals surface area contributed by atoms with Crippen molar-refractivity contribution in [1.29, 1.82) is 0 Å². The maximum absolute atomic E-state index is 12.8. The van der Waals surface area contributed by atoms with Crippen molar-refractivity contribution in [3.8, 4) is 0 Å². The van der Waals surface area contributed by atoms with Crippen LogP contribution in [0.1, 0.15) is 18.1 Å². The highest BCUT2D eigenvalue weighted by Gasteiger charge is 2.31. The number of amides is 2. The predicted octanol–water partition coefficient (Wildman–Crippen LogP) is -1.56. The van der Waals surface area contributed by atoms with Crippen molar-refractivity contribution in [1.82, 2.24) is 14.9 Å². The van der Waals surface area contributed by atoms with Crippen molar-refractivity contribution in [2.75, 3.05) is 45.8 Å². The van der Waals surface area contributed by atoms with Gasteiger partial charge in [-0.15, -0.1) is 0 Å². The van der Waals surface area contributed by atoms with Gasteiger partial charge in [0.15, 0.2) is 6.54 Å². The summed E-state index contributed by atoms with van der Waals surface area (Å²) in [4.78, 5) is 24.6. The maximum atomic E-state index is 12.8. The number of quaternary nitrogens is 1. The van der Waals surface area contributed by atoms with Gasteiger partial charge in [0.2, 0.25) is 15.9 Å². The smallest absolute Gasteiger partial charge is 0.275 e. The molecule has 27 heavy (non-hydrogen) atoms. The van der Waals surface area contributed by atoms with Crippen LogP contribution < -0.4 is 15.5 Å². The van der Waals surface area contributed by atoms with Crippen LogP contribution in [0.15, 0.2) is 23.1 Å². The third-order valence-corrected chi connectivity index (χ3v) is 6.67. The summed E-state index contributed by atoms with van der Waals surface area (Å²) < 4.78 is 27.1. The number of sulfonamides is 1. The molecule has 1 aliphatic heterocycles. The average Bonchev–Trinajstić information content (AvgIpc) is 2.63. The quantitative estimate of drug-likeness (QED) is 0.518. The Kier molecular flexibility index (Phi) is 7.34. The van der Waals surface area contributed by atoms with Gasteiger partial charge in [0.05, 0.1) is 37.6 Å². The highest BCUT2D eigenvalue weighted by molar-refractivity contribution is 7.89. The van der Waals surface area contributed by atoms with Gasteiger partial charge in [0, 0.05) is 6.54 Å². The van der Waals surface area contributed by atoms with E-state index in [1.54, 1.807) is 12.1 Å². The number of aryl methyl sites for hydroxylation is 2. The van der Waals surface area contributed by atoms with Crippen molar-refractivity contribution in [2.24, 2.45) is 0 Å². The summed E-state index contributed by atoms with van der Waals surface area (Å²) in [5.74, 6) is -0.424. The Bertz CT molecular complexity index is 787. The summed E-state index contributed by atoms with van der Waals surface area (Å²) in [6.07, 6.45) is 0. The fourth-order valence-corrected chi connectivity index (χ4v) is 4.50. The van der Waals surface area contributed by atoms with E-state index < -0.39 is 10.0 Å². The first-order valence-corrected chi connectivity index (χ1v) is 10.6. The monoisotopic (exact) mass is 397 g/mol. The van der Waals surface area contributed by atoms with Gasteiger partial charge in [0.25, 0.3) is 5.91 Å². The largest absolute Gasteiger partial charge is 0.355 e. The van der Waals surface area contributed by atoms with E-state index in [1.165, 1.54) is 4.31 Å². The molecule has 0 unspecified atom stereocenters. The van der Waals surface area contributed by atoms with Crippen LogP contribution in [0.2, 0.25) is 0 Å². The van der Waals surface area contributed by atoms with Crippen molar-refractivity contribution in [3.63, 3.8) is 0 Å². The molecular weight excluding hydrogens is 368 g/mol. The topological polar surface area (TPSA) is 100 Å². The van der Waals surface area contributed by atoms with E-state index in [1.807, 2.05) is 26.8 Å². The number of hydrogen-bond donors (Lipinski definition) is 3. The van der Waals surface area contributed by atoms with E-state index in [9.17, 15) is 18.0 Å². The molecule has 1 saturated heterocycles. The molecule has 1 aromatic rings. The Labute approximate surface area is 161 Å². The normalized spacial score (nSPS) is 16.1. The minimum absolute atomic E-state index is 0.0345. The molecule has 0 saturated carbocycles. The number of carbonyl (C=O) groups is 2. The zero-order chi connectivity index (χ0) is 20.0. The van der Waals surface area contributed by atoms with Crippen LogP contribution in [0.3, 0.4) is 0 Å². The zero-order valence-corrected chi connectivity index (χ0v) is 17.0. The first-order valence-electron chi connectivity index (χ1n) is 9.18. The Morgan fingerprint density at radius 2 is 1.74 bits per heavy atom. The Hall–Kier alpha value is -1.97. The molecule has 0 aromatic heterocycles. The lowest BCUT2D eigenvalue weighted by Gasteiger charge is -2.31. The molecule has 8 nitrogen and oxygen atoms in total. The number of nitrogens with one attached hydrogen (secondary N) is 3. The van der Waals surface area contributed by atoms with E-state index in [0.717, 1.165) is 16.0 Å². The summed E-state index contributed by atoms with van der Waals surface area (Å²) in [7, 11) is -3.51. The molecular formula is C18H29N4O4S+. The summed E-state index contributed by atoms with van der Waals surface area (Å²) in [5.41, 5.74) is 2.01. The van der Waals surface area contributed by atoms with Crippen LogP contribution in [0, 0.1) is 13.8 Å². The number of nitrogens with zero attached hydrogens (tertiary/aromatic N) is 1. The Balaban J connectivity index is 1.86. The molecule has 2 rings (SSSR count). The number of likely N-dealkylation sites (N-methyl/N-ethyl adjacent to an activating group) is 1. The number of piperazine rings is 1. The van der Waals surface area contributed by atoms with Gasteiger partial charge in [-0.05, 0) is 44.0 Å². The zero-order valence-electron chi connectivity index (χ0n) is 16.2. The van der Waals surface area contributed by atoms with Crippen LogP contribution in [-0.4, -0.2) is 70.4 Å². The van der Waals surface area contributed by atoms with E-state index in [-0.39, 0.29) is 24.9 Å². The van der Waals surface area contributed by atoms with E-state index in [4.69, 9.17) is 0 Å². The van der Waals surface area contributed by atoms with Crippen LogP contribution in [-0.2, 0) is 19.6 Å². The first kappa shape index (κ1) is 21.3. The second-order valence-corrected chi connectivity index (χ2v) is 8.75. The number of rotatable bonds is 7. The molecule has 9 heteroatoms. The lowest BCUT2D eigenvalue weighted by molar-refractivity contribution is -0.895. The highest BCUT2D eigenvalue weighted by atomic mass is 32.2. The third-order valence-electron chi connectivity index (χ3n) is 4.78. The SMILES string of the molecule is CCNC(=O)CNC(=O)C[NH+]1CCN(S(=O)(=O)c2ccc(C)c(C)c2)CC1. The van der Waals surface area contributed by atoms with E-state index >= 15 is 0 Å². The van der Waals surface area contributed by atoms with Crippen molar-refractivity contribution in [3.05, 3.63) is 29.3 Å². The fourth-order valence-electron chi connectivity index (χ4n) is 2.97. The second-order valence-electron chi connectivity index (χ2n) is 6.81. The third kappa shape index (κ3) is 5.75. The van der Waals surface area contributed by atoms with Crippen molar-refractivity contribution < 1.29 is 22.9 Å². The Morgan fingerprint density at radius 1 is 1.07 bits per heavy atom. The molecule has 1 heterocycles. The molecule has 1 aliphatic rings. The summed E-state index contributed by atoms with van der Waals surface area (Å²) >= 11 is 0. The van der Waals surface area contributed by atoms with Crippen LogP contribution in [0.4, 0.5) is 0 Å². The summed E-state index contributed by atoms with van der Waals surface area (Å²) in [6.45, 7) is 8.23. The summed E-state index contributed by atoms with van der Waals surface area (Å²) in [6, 6.07) is 5.17. The standard InChI is InChI=1S/C18H28N4O4S/c1-4-19-17(23)12-20-18(24)13-21-7-9-22(10-8-21)27(25,26)16-6-5-14(2)15(3)11-16/h5-6,11H,4,7-10,12-13H2,1-3H3,(H,19,23)(H,20,24)/p+1. The van der Waals surface area contributed by atoms with Crippen LogP contribution >= 0.6 is 0 Å². The molecule has 3 N–H and O–H groups in total. The number of hydrogen-bond acceptors (Lipinski definition) is 4. The lowest BCUT2D eigenvalue weighted by atomic mass is 10.1. The van der Waals surface area contributed by atoms with E-state index in [2.05, 4.69) is 10.6 Å². The molecule has 0 bridgehead atoms. The average molecular weight is 398 g/mol. The minimum Gasteiger partial charge on any atom is -0.355 e. The van der Waals surface area contributed by atoms with Crippen molar-refractivity contribution in [2.45, 2.75) is 25.7 Å². The highest BCUT2D eigenvalue weighted by Crippen LogP contribution is 2.19. The predicted molar refractivity (Wildman–Crippen MR) is 102 cm³/mol. The van der Waals surface area contributed by atoms with Gasteiger partial charge in [-0.1, -0.05) is 6.07 Å². The lowest BCUT2D eigenvalue weighted by Crippen LogP contribution is -3.15. The van der Waals surface area contributed by atoms with Gasteiger partial charge < -0.3 is 15.5 Å². The molecule has 1 fully saturated rings. The van der Waals surface area contributed by atoms with Gasteiger partial charge in [-0.3, -0.25) is 9.59 Å². The molecule has 2 amide bonds. The molecule has 150 valence electrons. The van der Waals surface area contributed by atoms with Gasteiger partial charge in [0.1, 0.15) is 0 Å². The van der Waals surface area contributed by atoms with Crippen LogP contribution in [0.25, 0.3) is 0 Å². The fraction of sp³-hybridized carbons (Fsp3) is 0.556. The maximum Gasteiger partial charge on any atom is 0.275 e. The number of carbonyl (C=O) groups excluding carboxylic acids is 2. The molecule has 0 aliphatic carbocycles. The minimum atomic E-state index is -3.51. The summed E-state index contributed by atoms with van der Waals surface area (Å²) in [5, 5.41) is 5.21. The van der Waals surface area contributed by atoms with Gasteiger partial charge in [-0.25, -0.2) is 8.42 Å². The Morgan fingerprint density at radius 3 is 2.33 bits per heavy atom. The van der Waals surface area contributed by atoms with Gasteiger partial charge in [-0.2, -0.15) is 4.31 Å². The van der Waals surface area contributed by atoms with Crippen LogP contribution in [0.5, 0.6) is 0 Å². The van der Waals surface area contributed by atoms with E-state index in [0.29, 0.717) is 37.6 Å². The number of benzene rings is 1.